The summed E-state index contributed by atoms with van der Waals surface area (Å²) in [5.74, 6) is 1.81. The highest BCUT2D eigenvalue weighted by atomic mass is 31.1. The number of hydrogen-bond acceptors (Lipinski definition) is 1. The second kappa shape index (κ2) is 4.21. The van der Waals surface area contributed by atoms with E-state index in [1.54, 1.807) is 7.11 Å². The Morgan fingerprint density at radius 2 is 2.00 bits per heavy atom. The third-order valence-electron chi connectivity index (χ3n) is 1.12. The molecule has 0 N–H and O–H groups in total. The molecule has 0 saturated carbocycles. The molecule has 0 heterocycles. The van der Waals surface area contributed by atoms with Crippen LogP contribution >= 0.6 is 8.20 Å². The van der Waals surface area contributed by atoms with Gasteiger partial charge in [0.05, 0.1) is 0 Å². The highest BCUT2D eigenvalue weighted by molar-refractivity contribution is 7.46. The SMILES string of the molecule is COC=[PH+]c1ccccc1. The Morgan fingerprint density at radius 3 is 2.60 bits per heavy atom. The molecule has 1 nitrogen and oxygen atoms in total. The molecule has 0 aromatic heterocycles. The quantitative estimate of drug-likeness (QED) is 0.583. The van der Waals surface area contributed by atoms with Crippen LogP contribution in [0.15, 0.2) is 30.3 Å². The minimum Gasteiger partial charge on any atom is -0.320 e. The van der Waals surface area contributed by atoms with E-state index in [1.807, 2.05) is 24.2 Å². The molecule has 52 valence electrons. The average molecular weight is 153 g/mol. The minimum atomic E-state index is 0.657. The fourth-order valence-electron chi connectivity index (χ4n) is 0.661. The molecule has 10 heavy (non-hydrogen) atoms. The topological polar surface area (TPSA) is 9.23 Å². The van der Waals surface area contributed by atoms with Crippen molar-refractivity contribution in [2.75, 3.05) is 7.11 Å². The van der Waals surface area contributed by atoms with Crippen molar-refractivity contribution in [3.63, 3.8) is 0 Å². The van der Waals surface area contributed by atoms with Gasteiger partial charge in [-0.3, -0.25) is 0 Å². The highest BCUT2D eigenvalue weighted by Gasteiger charge is 1.90. The van der Waals surface area contributed by atoms with Crippen LogP contribution in [0.25, 0.3) is 0 Å². The molecular weight excluding hydrogens is 143 g/mol. The molecule has 0 aliphatic rings. The van der Waals surface area contributed by atoms with Gasteiger partial charge in [0.15, 0.2) is 0 Å². The van der Waals surface area contributed by atoms with E-state index in [0.717, 1.165) is 0 Å². The van der Waals surface area contributed by atoms with Gasteiger partial charge < -0.3 is 4.74 Å². The first kappa shape index (κ1) is 7.46. The number of benzene rings is 1. The van der Waals surface area contributed by atoms with E-state index in [9.17, 15) is 0 Å². The van der Waals surface area contributed by atoms with Crippen LogP contribution in [-0.2, 0) is 4.74 Å². The normalized spacial score (nSPS) is 10.5. The Morgan fingerprint density at radius 1 is 1.30 bits per heavy atom. The Labute approximate surface area is 62.4 Å². The maximum atomic E-state index is 4.83. The van der Waals surface area contributed by atoms with E-state index in [2.05, 4.69) is 12.1 Å². The van der Waals surface area contributed by atoms with E-state index in [0.29, 0.717) is 8.20 Å². The molecule has 2 heteroatoms. The van der Waals surface area contributed by atoms with Crippen LogP contribution in [0.1, 0.15) is 0 Å². The fourth-order valence-corrected chi connectivity index (χ4v) is 1.30. The summed E-state index contributed by atoms with van der Waals surface area (Å²) >= 11 is 0. The van der Waals surface area contributed by atoms with Crippen LogP contribution in [-0.4, -0.2) is 13.1 Å². The zero-order chi connectivity index (χ0) is 7.23. The van der Waals surface area contributed by atoms with Crippen LogP contribution in [0.5, 0.6) is 0 Å². The average Bonchev–Trinajstić information content (AvgIpc) is 2.03. The van der Waals surface area contributed by atoms with Gasteiger partial charge in [0.2, 0.25) is 5.98 Å². The fraction of sp³-hybridized carbons (Fsp3) is 0.125. The molecule has 1 aromatic carbocycles. The summed E-state index contributed by atoms with van der Waals surface area (Å²) in [5.41, 5.74) is 0. The Bertz CT molecular complexity index is 206. The molecule has 0 amide bonds. The van der Waals surface area contributed by atoms with Crippen LogP contribution < -0.4 is 5.30 Å². The van der Waals surface area contributed by atoms with Gasteiger partial charge in [0, 0.05) is 7.11 Å². The molecule has 0 bridgehead atoms. The number of methoxy groups -OCH3 is 1. The van der Waals surface area contributed by atoms with Gasteiger partial charge >= 0.3 is 0 Å². The third kappa shape index (κ3) is 2.30. The second-order valence-corrected chi connectivity index (χ2v) is 2.97. The lowest BCUT2D eigenvalue weighted by Gasteiger charge is -1.79. The van der Waals surface area contributed by atoms with Crippen LogP contribution in [0.2, 0.25) is 0 Å². The number of hydrogen-bond donors (Lipinski definition) is 0. The Kier molecular flexibility index (Phi) is 3.14. The lowest BCUT2D eigenvalue weighted by Crippen LogP contribution is -1.88. The van der Waals surface area contributed by atoms with Gasteiger partial charge in [0.25, 0.3) is 0 Å². The van der Waals surface area contributed by atoms with Gasteiger partial charge in [-0.15, -0.1) is 0 Å². The minimum absolute atomic E-state index is 0.657. The van der Waals surface area contributed by atoms with Crippen LogP contribution in [0.4, 0.5) is 0 Å². The van der Waals surface area contributed by atoms with Crippen molar-refractivity contribution in [3.8, 4) is 0 Å². The van der Waals surface area contributed by atoms with Gasteiger partial charge in [0.1, 0.15) is 13.5 Å². The Balaban J connectivity index is 2.67. The van der Waals surface area contributed by atoms with E-state index < -0.39 is 0 Å². The van der Waals surface area contributed by atoms with E-state index in [-0.39, 0.29) is 0 Å². The summed E-state index contributed by atoms with van der Waals surface area (Å²) in [7, 11) is 2.33. The highest BCUT2D eigenvalue weighted by Crippen LogP contribution is 1.95. The van der Waals surface area contributed by atoms with Crippen molar-refractivity contribution in [2.45, 2.75) is 0 Å². The molecule has 1 atom stereocenters. The summed E-state index contributed by atoms with van der Waals surface area (Å²) in [6.45, 7) is 0. The first-order valence-electron chi connectivity index (χ1n) is 3.09. The summed E-state index contributed by atoms with van der Waals surface area (Å²) in [5, 5.41) is 1.31. The summed E-state index contributed by atoms with van der Waals surface area (Å²) in [6.07, 6.45) is 0. The van der Waals surface area contributed by atoms with Gasteiger partial charge in [-0.1, -0.05) is 18.2 Å². The van der Waals surface area contributed by atoms with Gasteiger partial charge in [-0.25, -0.2) is 0 Å². The molecule has 0 fully saturated rings. The summed E-state index contributed by atoms with van der Waals surface area (Å²) < 4.78 is 4.83. The van der Waals surface area contributed by atoms with Crippen molar-refractivity contribution in [1.82, 2.24) is 0 Å². The predicted molar refractivity (Wildman–Crippen MR) is 47.5 cm³/mol. The molecule has 0 aliphatic heterocycles. The maximum Gasteiger partial charge on any atom is 0.215 e. The predicted octanol–water partition coefficient (Wildman–Crippen LogP) is 1.40. The smallest absolute Gasteiger partial charge is 0.215 e. The molecular formula is C8H10OP+. The van der Waals surface area contributed by atoms with E-state index >= 15 is 0 Å². The van der Waals surface area contributed by atoms with Crippen molar-refractivity contribution >= 4 is 19.5 Å². The summed E-state index contributed by atoms with van der Waals surface area (Å²) in [4.78, 5) is 0. The standard InChI is InChI=1S/C8H9OP/c1-9-7-10-8-5-3-2-4-6-8/h2-7H,1H3/p+1. The first-order valence-corrected chi connectivity index (χ1v) is 4.17. The van der Waals surface area contributed by atoms with E-state index in [4.69, 9.17) is 4.74 Å². The molecule has 1 aromatic rings. The second-order valence-electron chi connectivity index (χ2n) is 1.86. The zero-order valence-corrected chi connectivity index (χ0v) is 6.87. The van der Waals surface area contributed by atoms with Crippen molar-refractivity contribution in [2.24, 2.45) is 0 Å². The molecule has 0 radical (unpaired) electrons. The number of rotatable bonds is 2. The molecule has 1 unspecified atom stereocenters. The lowest BCUT2D eigenvalue weighted by molar-refractivity contribution is 0.432. The molecule has 0 aliphatic carbocycles. The van der Waals surface area contributed by atoms with Crippen LogP contribution in [0, 0.1) is 0 Å². The largest absolute Gasteiger partial charge is 0.320 e. The van der Waals surface area contributed by atoms with Crippen LogP contribution in [0.3, 0.4) is 0 Å². The maximum absolute atomic E-state index is 4.83. The molecule has 0 spiro atoms. The zero-order valence-electron chi connectivity index (χ0n) is 5.87. The summed E-state index contributed by atoms with van der Waals surface area (Å²) in [6, 6.07) is 10.3. The monoisotopic (exact) mass is 153 g/mol. The van der Waals surface area contributed by atoms with Crippen molar-refractivity contribution in [1.29, 1.82) is 0 Å². The number of ether oxygens (including phenoxy) is 1. The Hall–Kier alpha value is -0.650. The van der Waals surface area contributed by atoms with Gasteiger partial charge in [-0.2, -0.15) is 0 Å². The van der Waals surface area contributed by atoms with Crippen molar-refractivity contribution in [3.05, 3.63) is 30.3 Å². The third-order valence-corrected chi connectivity index (χ3v) is 2.14. The van der Waals surface area contributed by atoms with Crippen molar-refractivity contribution < 1.29 is 4.74 Å². The van der Waals surface area contributed by atoms with E-state index in [1.165, 1.54) is 5.30 Å². The molecule has 1 rings (SSSR count). The first-order chi connectivity index (χ1) is 4.93. The van der Waals surface area contributed by atoms with Gasteiger partial charge in [-0.05, 0) is 12.1 Å². The molecule has 0 saturated heterocycles. The lowest BCUT2D eigenvalue weighted by atomic mass is 10.4.